The van der Waals surface area contributed by atoms with E-state index in [0.29, 0.717) is 0 Å². The highest BCUT2D eigenvalue weighted by atomic mass is 15.3. The summed E-state index contributed by atoms with van der Waals surface area (Å²) in [6.45, 7) is 2.12. The maximum Gasteiger partial charge on any atom is 0.0672 e. The van der Waals surface area contributed by atoms with Crippen LogP contribution in [-0.2, 0) is 13.5 Å². The summed E-state index contributed by atoms with van der Waals surface area (Å²) >= 11 is 0. The normalized spacial score (nSPS) is 16.9. The summed E-state index contributed by atoms with van der Waals surface area (Å²) in [6.07, 6.45) is 7.02. The monoisotopic (exact) mass is 269 g/mol. The molecule has 1 unspecified atom stereocenters. The predicted octanol–water partition coefficient (Wildman–Crippen LogP) is 3.30. The van der Waals surface area contributed by atoms with Gasteiger partial charge in [0.25, 0.3) is 0 Å². The van der Waals surface area contributed by atoms with E-state index in [1.807, 2.05) is 17.9 Å². The molecule has 0 radical (unpaired) electrons. The lowest BCUT2D eigenvalue weighted by atomic mass is 9.79. The summed E-state index contributed by atoms with van der Waals surface area (Å²) in [6, 6.07) is 8.80. The van der Waals surface area contributed by atoms with Crippen LogP contribution in [0.3, 0.4) is 0 Å². The zero-order valence-corrected chi connectivity index (χ0v) is 12.3. The summed E-state index contributed by atoms with van der Waals surface area (Å²) in [5, 5.41) is 4.48. The van der Waals surface area contributed by atoms with Crippen LogP contribution in [0.4, 0.5) is 0 Å². The molecule has 106 valence electrons. The van der Waals surface area contributed by atoms with Crippen LogP contribution in [0.2, 0.25) is 0 Å². The second kappa shape index (κ2) is 5.41. The number of nitrogens with zero attached hydrogens (tertiary/aromatic N) is 2. The molecule has 0 spiro atoms. The number of aryl methyl sites for hydroxylation is 2. The lowest BCUT2D eigenvalue weighted by Gasteiger charge is -2.26. The van der Waals surface area contributed by atoms with E-state index in [1.165, 1.54) is 30.4 Å². The van der Waals surface area contributed by atoms with Gasteiger partial charge in [0.05, 0.1) is 11.7 Å². The van der Waals surface area contributed by atoms with Crippen molar-refractivity contribution in [2.75, 3.05) is 0 Å². The van der Waals surface area contributed by atoms with Gasteiger partial charge < -0.3 is 5.73 Å². The molecule has 3 heteroatoms. The van der Waals surface area contributed by atoms with Gasteiger partial charge in [0.2, 0.25) is 0 Å². The number of rotatable bonds is 4. The van der Waals surface area contributed by atoms with Crippen LogP contribution in [0.5, 0.6) is 0 Å². The Morgan fingerprint density at radius 1 is 1.30 bits per heavy atom. The molecule has 1 aliphatic rings. The lowest BCUT2D eigenvalue weighted by Crippen LogP contribution is -2.14. The first kappa shape index (κ1) is 13.4. The summed E-state index contributed by atoms with van der Waals surface area (Å²) < 4.78 is 1.86. The number of nitrogens with two attached hydrogens (primary N) is 1. The topological polar surface area (TPSA) is 43.8 Å². The molecular weight excluding hydrogens is 246 g/mol. The molecular formula is C17H23N3. The highest BCUT2D eigenvalue weighted by Gasteiger charge is 2.20. The zero-order valence-electron chi connectivity index (χ0n) is 12.3. The van der Waals surface area contributed by atoms with Crippen molar-refractivity contribution in [1.29, 1.82) is 0 Å². The quantitative estimate of drug-likeness (QED) is 0.925. The van der Waals surface area contributed by atoms with Gasteiger partial charge >= 0.3 is 0 Å². The van der Waals surface area contributed by atoms with Crippen LogP contribution in [0.25, 0.3) is 0 Å². The first-order valence-corrected chi connectivity index (χ1v) is 7.57. The fourth-order valence-electron chi connectivity index (χ4n) is 2.98. The van der Waals surface area contributed by atoms with Gasteiger partial charge in [0, 0.05) is 18.8 Å². The average Bonchev–Trinajstić information content (AvgIpc) is 2.78. The maximum absolute atomic E-state index is 6.43. The van der Waals surface area contributed by atoms with Crippen molar-refractivity contribution in [3.63, 3.8) is 0 Å². The first-order chi connectivity index (χ1) is 9.69. The van der Waals surface area contributed by atoms with Crippen LogP contribution in [-0.4, -0.2) is 9.78 Å². The van der Waals surface area contributed by atoms with Gasteiger partial charge in [-0.05, 0) is 36.3 Å². The van der Waals surface area contributed by atoms with Gasteiger partial charge in [-0.1, -0.05) is 37.6 Å². The van der Waals surface area contributed by atoms with Gasteiger partial charge in [-0.3, -0.25) is 4.68 Å². The van der Waals surface area contributed by atoms with Crippen LogP contribution in [0, 0.1) is 0 Å². The Morgan fingerprint density at radius 3 is 2.55 bits per heavy atom. The highest BCUT2D eigenvalue weighted by molar-refractivity contribution is 5.35. The molecule has 2 N–H and O–H groups in total. The second-order valence-corrected chi connectivity index (χ2v) is 5.83. The van der Waals surface area contributed by atoms with Crippen LogP contribution in [0.15, 0.2) is 30.5 Å². The molecule has 20 heavy (non-hydrogen) atoms. The van der Waals surface area contributed by atoms with Gasteiger partial charge in [-0.2, -0.15) is 5.10 Å². The number of hydrogen-bond donors (Lipinski definition) is 1. The van der Waals surface area contributed by atoms with Crippen molar-refractivity contribution in [2.24, 2.45) is 12.8 Å². The Balaban J connectivity index is 1.83. The molecule has 0 amide bonds. The van der Waals surface area contributed by atoms with E-state index < -0.39 is 0 Å². The van der Waals surface area contributed by atoms with E-state index in [0.717, 1.165) is 23.6 Å². The number of hydrogen-bond acceptors (Lipinski definition) is 2. The molecule has 1 atom stereocenters. The molecule has 1 saturated carbocycles. The minimum absolute atomic E-state index is 0.0749. The van der Waals surface area contributed by atoms with E-state index in [2.05, 4.69) is 36.3 Å². The molecule has 1 aromatic carbocycles. The fourth-order valence-corrected chi connectivity index (χ4v) is 2.98. The minimum atomic E-state index is -0.0749. The molecule has 0 saturated heterocycles. The van der Waals surface area contributed by atoms with Crippen molar-refractivity contribution in [3.8, 4) is 0 Å². The van der Waals surface area contributed by atoms with Crippen LogP contribution in [0.1, 0.15) is 60.5 Å². The molecule has 1 heterocycles. The summed E-state index contributed by atoms with van der Waals surface area (Å²) in [5.74, 6) is 0.782. The molecule has 1 aromatic heterocycles. The van der Waals surface area contributed by atoms with E-state index in [1.54, 1.807) is 0 Å². The maximum atomic E-state index is 6.43. The number of aromatic nitrogens is 2. The van der Waals surface area contributed by atoms with Gasteiger partial charge in [-0.25, -0.2) is 0 Å². The van der Waals surface area contributed by atoms with Gasteiger partial charge in [0.15, 0.2) is 0 Å². The summed E-state index contributed by atoms with van der Waals surface area (Å²) in [7, 11) is 1.95. The first-order valence-electron chi connectivity index (χ1n) is 7.57. The third kappa shape index (κ3) is 2.38. The average molecular weight is 269 g/mol. The Bertz CT molecular complexity index is 579. The summed E-state index contributed by atoms with van der Waals surface area (Å²) in [5.41, 5.74) is 11.3. The third-order valence-corrected chi connectivity index (χ3v) is 4.48. The van der Waals surface area contributed by atoms with Gasteiger partial charge in [-0.15, -0.1) is 0 Å². The summed E-state index contributed by atoms with van der Waals surface area (Å²) in [4.78, 5) is 0. The van der Waals surface area contributed by atoms with E-state index >= 15 is 0 Å². The molecule has 3 rings (SSSR count). The smallest absolute Gasteiger partial charge is 0.0672 e. The van der Waals surface area contributed by atoms with Gasteiger partial charge in [0.1, 0.15) is 0 Å². The van der Waals surface area contributed by atoms with Crippen molar-refractivity contribution < 1.29 is 0 Å². The van der Waals surface area contributed by atoms with Crippen molar-refractivity contribution in [2.45, 2.75) is 44.6 Å². The standard InChI is InChI=1S/C17H23N3/c1-3-16-15(11-20(2)19-16)17(18)14-9-7-13(8-10-14)12-5-4-6-12/h7-12,17H,3-6,18H2,1-2H3. The molecule has 2 aromatic rings. The Morgan fingerprint density at radius 2 is 2.00 bits per heavy atom. The molecule has 0 bridgehead atoms. The van der Waals surface area contributed by atoms with E-state index in [9.17, 15) is 0 Å². The Labute approximate surface area is 120 Å². The largest absolute Gasteiger partial charge is 0.320 e. The predicted molar refractivity (Wildman–Crippen MR) is 81.7 cm³/mol. The SMILES string of the molecule is CCc1nn(C)cc1C(N)c1ccc(C2CCC2)cc1. The van der Waals surface area contributed by atoms with Crippen molar-refractivity contribution in [3.05, 3.63) is 52.8 Å². The molecule has 3 nitrogen and oxygen atoms in total. The Hall–Kier alpha value is -1.61. The van der Waals surface area contributed by atoms with Crippen LogP contribution < -0.4 is 5.73 Å². The second-order valence-electron chi connectivity index (χ2n) is 5.83. The zero-order chi connectivity index (χ0) is 14.1. The van der Waals surface area contributed by atoms with E-state index in [-0.39, 0.29) is 6.04 Å². The highest BCUT2D eigenvalue weighted by Crippen LogP contribution is 2.36. The van der Waals surface area contributed by atoms with Crippen LogP contribution >= 0.6 is 0 Å². The Kier molecular flexibility index (Phi) is 3.62. The number of benzene rings is 1. The fraction of sp³-hybridized carbons (Fsp3) is 0.471. The van der Waals surface area contributed by atoms with E-state index in [4.69, 9.17) is 5.73 Å². The molecule has 1 aliphatic carbocycles. The molecule has 1 fully saturated rings. The van der Waals surface area contributed by atoms with Crippen molar-refractivity contribution >= 4 is 0 Å². The van der Waals surface area contributed by atoms with Crippen molar-refractivity contribution in [1.82, 2.24) is 9.78 Å². The molecule has 0 aliphatic heterocycles. The minimum Gasteiger partial charge on any atom is -0.320 e. The third-order valence-electron chi connectivity index (χ3n) is 4.48. The lowest BCUT2D eigenvalue weighted by molar-refractivity contribution is 0.419.